The number of esters is 1. The summed E-state index contributed by atoms with van der Waals surface area (Å²) in [7, 11) is 0. The Morgan fingerprint density at radius 1 is 0.962 bits per heavy atom. The molecule has 2 aromatic carbocycles. The number of ether oxygens (including phenoxy) is 1. The molecule has 26 heavy (non-hydrogen) atoms. The predicted octanol–water partition coefficient (Wildman–Crippen LogP) is 1.07. The van der Waals surface area contributed by atoms with Crippen LogP contribution in [0, 0.1) is 5.92 Å². The highest BCUT2D eigenvalue weighted by Crippen LogP contribution is 2.10. The molecule has 0 bridgehead atoms. The summed E-state index contributed by atoms with van der Waals surface area (Å²) in [4.78, 5) is 35.8. The predicted molar refractivity (Wildman–Crippen MR) is 93.6 cm³/mol. The number of benzene rings is 2. The standard InChI is InChI=1S/C19H20N2O5/c20-16(18(23)24)15(17(22)21-11-13-7-3-1-4-8-13)19(25)26-12-14-9-5-2-6-10-14/h1-10,15-16H,11-12,20H2,(H,21,22)(H,23,24). The van der Waals surface area contributed by atoms with Crippen LogP contribution in [0.1, 0.15) is 11.1 Å². The van der Waals surface area contributed by atoms with Crippen molar-refractivity contribution < 1.29 is 24.2 Å². The molecule has 0 saturated carbocycles. The summed E-state index contributed by atoms with van der Waals surface area (Å²) in [5.74, 6) is -4.86. The second kappa shape index (κ2) is 9.33. The van der Waals surface area contributed by atoms with Crippen LogP contribution in [-0.2, 0) is 32.3 Å². The number of hydrogen-bond donors (Lipinski definition) is 3. The third kappa shape index (κ3) is 5.42. The van der Waals surface area contributed by atoms with E-state index in [1.807, 2.05) is 12.1 Å². The Kier molecular flexibility index (Phi) is 6.87. The molecule has 2 atom stereocenters. The Balaban J connectivity index is 2.03. The molecule has 0 fully saturated rings. The zero-order chi connectivity index (χ0) is 18.9. The van der Waals surface area contributed by atoms with Crippen LogP contribution in [-0.4, -0.2) is 29.0 Å². The molecule has 0 aliphatic rings. The fraction of sp³-hybridized carbons (Fsp3) is 0.211. The van der Waals surface area contributed by atoms with Crippen LogP contribution in [0.2, 0.25) is 0 Å². The fourth-order valence-electron chi connectivity index (χ4n) is 2.27. The number of carboxylic acids is 1. The number of nitrogens with two attached hydrogens (primary N) is 1. The Morgan fingerprint density at radius 2 is 1.50 bits per heavy atom. The Labute approximate surface area is 150 Å². The summed E-state index contributed by atoms with van der Waals surface area (Å²) in [5.41, 5.74) is 7.06. The van der Waals surface area contributed by atoms with Gasteiger partial charge in [-0.2, -0.15) is 0 Å². The zero-order valence-electron chi connectivity index (χ0n) is 14.0. The van der Waals surface area contributed by atoms with Crippen molar-refractivity contribution in [3.8, 4) is 0 Å². The number of amides is 1. The van der Waals surface area contributed by atoms with Gasteiger partial charge in [0.05, 0.1) is 0 Å². The first kappa shape index (κ1) is 19.1. The summed E-state index contributed by atoms with van der Waals surface area (Å²) in [6.45, 7) is 0.0724. The third-order valence-corrected chi connectivity index (χ3v) is 3.71. The molecule has 0 saturated heterocycles. The van der Waals surface area contributed by atoms with E-state index >= 15 is 0 Å². The number of carboxylic acid groups (broad SMARTS) is 1. The average Bonchev–Trinajstić information content (AvgIpc) is 2.66. The highest BCUT2D eigenvalue weighted by molar-refractivity contribution is 6.02. The molecule has 0 aromatic heterocycles. The summed E-state index contributed by atoms with van der Waals surface area (Å²) in [6, 6.07) is 16.2. The van der Waals surface area contributed by atoms with Gasteiger partial charge in [-0.1, -0.05) is 60.7 Å². The van der Waals surface area contributed by atoms with E-state index in [1.54, 1.807) is 48.5 Å². The topological polar surface area (TPSA) is 119 Å². The van der Waals surface area contributed by atoms with Crippen molar-refractivity contribution in [3.05, 3.63) is 71.8 Å². The maximum Gasteiger partial charge on any atom is 0.321 e. The molecule has 0 radical (unpaired) electrons. The third-order valence-electron chi connectivity index (χ3n) is 3.71. The van der Waals surface area contributed by atoms with Gasteiger partial charge in [0.15, 0.2) is 5.92 Å². The van der Waals surface area contributed by atoms with Crippen molar-refractivity contribution in [3.63, 3.8) is 0 Å². The number of nitrogens with one attached hydrogen (secondary N) is 1. The lowest BCUT2D eigenvalue weighted by molar-refractivity contribution is -0.159. The minimum absolute atomic E-state index is 0.0749. The van der Waals surface area contributed by atoms with Crippen molar-refractivity contribution in [1.82, 2.24) is 5.32 Å². The summed E-state index contributed by atoms with van der Waals surface area (Å²) in [5, 5.41) is 11.6. The SMILES string of the molecule is NC(C(=O)O)C(C(=O)NCc1ccccc1)C(=O)OCc1ccccc1. The molecule has 0 spiro atoms. The van der Waals surface area contributed by atoms with E-state index < -0.39 is 29.8 Å². The second-order valence-corrected chi connectivity index (χ2v) is 5.64. The molecule has 2 unspecified atom stereocenters. The van der Waals surface area contributed by atoms with Crippen molar-refractivity contribution in [1.29, 1.82) is 0 Å². The number of aliphatic carboxylic acids is 1. The zero-order valence-corrected chi connectivity index (χ0v) is 14.0. The van der Waals surface area contributed by atoms with Crippen LogP contribution < -0.4 is 11.1 Å². The van der Waals surface area contributed by atoms with E-state index in [0.29, 0.717) is 5.56 Å². The summed E-state index contributed by atoms with van der Waals surface area (Å²) >= 11 is 0. The molecule has 136 valence electrons. The summed E-state index contributed by atoms with van der Waals surface area (Å²) < 4.78 is 5.09. The van der Waals surface area contributed by atoms with Gasteiger partial charge in [-0.3, -0.25) is 14.4 Å². The van der Waals surface area contributed by atoms with Crippen molar-refractivity contribution >= 4 is 17.8 Å². The molecule has 4 N–H and O–H groups in total. The van der Waals surface area contributed by atoms with Gasteiger partial charge in [-0.15, -0.1) is 0 Å². The molecule has 0 aliphatic carbocycles. The van der Waals surface area contributed by atoms with E-state index in [1.165, 1.54) is 0 Å². The molecule has 7 heteroatoms. The molecule has 7 nitrogen and oxygen atoms in total. The number of carbonyl (C=O) groups is 3. The molecule has 1 amide bonds. The molecular formula is C19H20N2O5. The van der Waals surface area contributed by atoms with Crippen LogP contribution in [0.3, 0.4) is 0 Å². The Hall–Kier alpha value is -3.19. The fourth-order valence-corrected chi connectivity index (χ4v) is 2.27. The van der Waals surface area contributed by atoms with Gasteiger partial charge in [0, 0.05) is 6.54 Å². The minimum Gasteiger partial charge on any atom is -0.480 e. The number of hydrogen-bond acceptors (Lipinski definition) is 5. The van der Waals surface area contributed by atoms with Gasteiger partial charge in [0.1, 0.15) is 12.6 Å². The Morgan fingerprint density at radius 3 is 2.04 bits per heavy atom. The largest absolute Gasteiger partial charge is 0.480 e. The van der Waals surface area contributed by atoms with E-state index in [2.05, 4.69) is 5.32 Å². The normalized spacial score (nSPS) is 12.7. The average molecular weight is 356 g/mol. The molecule has 2 aromatic rings. The maximum atomic E-state index is 12.4. The van der Waals surface area contributed by atoms with E-state index in [-0.39, 0.29) is 13.2 Å². The molecular weight excluding hydrogens is 336 g/mol. The van der Waals surface area contributed by atoms with Crippen molar-refractivity contribution in [2.75, 3.05) is 0 Å². The van der Waals surface area contributed by atoms with Crippen LogP contribution in [0.15, 0.2) is 60.7 Å². The molecule has 0 heterocycles. The van der Waals surface area contributed by atoms with E-state index in [0.717, 1.165) is 5.56 Å². The molecule has 2 rings (SSSR count). The van der Waals surface area contributed by atoms with Gasteiger partial charge >= 0.3 is 11.9 Å². The first-order valence-electron chi connectivity index (χ1n) is 7.99. The van der Waals surface area contributed by atoms with Crippen LogP contribution in [0.5, 0.6) is 0 Å². The van der Waals surface area contributed by atoms with Crippen LogP contribution in [0.4, 0.5) is 0 Å². The van der Waals surface area contributed by atoms with Crippen LogP contribution in [0.25, 0.3) is 0 Å². The minimum atomic E-state index is -1.70. The van der Waals surface area contributed by atoms with Crippen molar-refractivity contribution in [2.24, 2.45) is 11.7 Å². The highest BCUT2D eigenvalue weighted by Gasteiger charge is 2.38. The first-order valence-corrected chi connectivity index (χ1v) is 7.99. The highest BCUT2D eigenvalue weighted by atomic mass is 16.5. The number of carbonyl (C=O) groups excluding carboxylic acids is 2. The lowest BCUT2D eigenvalue weighted by Crippen LogP contribution is -2.50. The number of rotatable bonds is 8. The first-order chi connectivity index (χ1) is 12.5. The maximum absolute atomic E-state index is 12.4. The van der Waals surface area contributed by atoms with Gasteiger partial charge in [-0.05, 0) is 11.1 Å². The van der Waals surface area contributed by atoms with Crippen LogP contribution >= 0.6 is 0 Å². The summed E-state index contributed by atoms with van der Waals surface area (Å²) in [6.07, 6.45) is 0. The monoisotopic (exact) mass is 356 g/mol. The van der Waals surface area contributed by atoms with E-state index in [9.17, 15) is 14.4 Å². The lowest BCUT2D eigenvalue weighted by Gasteiger charge is -2.19. The Bertz CT molecular complexity index is 694. The lowest BCUT2D eigenvalue weighted by atomic mass is 9.99. The van der Waals surface area contributed by atoms with Crippen molar-refractivity contribution in [2.45, 2.75) is 19.2 Å². The van der Waals surface area contributed by atoms with Gasteiger partial charge < -0.3 is 20.9 Å². The van der Waals surface area contributed by atoms with Gasteiger partial charge in [0.25, 0.3) is 0 Å². The smallest absolute Gasteiger partial charge is 0.321 e. The van der Waals surface area contributed by atoms with Gasteiger partial charge in [0.2, 0.25) is 5.91 Å². The second-order valence-electron chi connectivity index (χ2n) is 5.64. The van der Waals surface area contributed by atoms with Gasteiger partial charge in [-0.25, -0.2) is 0 Å². The molecule has 0 aliphatic heterocycles. The van der Waals surface area contributed by atoms with E-state index in [4.69, 9.17) is 15.6 Å². The quantitative estimate of drug-likeness (QED) is 0.481.